The summed E-state index contributed by atoms with van der Waals surface area (Å²) in [6, 6.07) is 3.82. The molecule has 11 heavy (non-hydrogen) atoms. The third-order valence-corrected chi connectivity index (χ3v) is 2.58. The average molecular weight is 168 g/mol. The molecular formula is C8H12N2S. The molecule has 0 bridgehead atoms. The molecule has 60 valence electrons. The Kier molecular flexibility index (Phi) is 2.29. The van der Waals surface area contributed by atoms with Crippen molar-refractivity contribution in [3.8, 4) is 0 Å². The van der Waals surface area contributed by atoms with Gasteiger partial charge >= 0.3 is 0 Å². The maximum atomic E-state index is 5.75. The van der Waals surface area contributed by atoms with Crippen molar-refractivity contribution >= 4 is 23.1 Å². The zero-order valence-corrected chi connectivity index (χ0v) is 7.53. The van der Waals surface area contributed by atoms with Gasteiger partial charge < -0.3 is 11.5 Å². The molecule has 0 radical (unpaired) electrons. The van der Waals surface area contributed by atoms with E-state index in [0.717, 1.165) is 4.90 Å². The van der Waals surface area contributed by atoms with Crippen molar-refractivity contribution in [2.24, 2.45) is 0 Å². The third kappa shape index (κ3) is 1.43. The molecule has 0 amide bonds. The van der Waals surface area contributed by atoms with Gasteiger partial charge in [0.25, 0.3) is 0 Å². The number of aryl methyl sites for hydroxylation is 1. The topological polar surface area (TPSA) is 52.0 Å². The van der Waals surface area contributed by atoms with E-state index in [2.05, 4.69) is 0 Å². The van der Waals surface area contributed by atoms with Crippen molar-refractivity contribution in [3.63, 3.8) is 0 Å². The lowest BCUT2D eigenvalue weighted by atomic mass is 10.2. The Labute approximate surface area is 71.0 Å². The zero-order valence-electron chi connectivity index (χ0n) is 6.72. The van der Waals surface area contributed by atoms with Crippen LogP contribution in [-0.2, 0) is 0 Å². The monoisotopic (exact) mass is 168 g/mol. The third-order valence-electron chi connectivity index (χ3n) is 1.63. The predicted octanol–water partition coefficient (Wildman–Crippen LogP) is 1.88. The highest BCUT2D eigenvalue weighted by Crippen LogP contribution is 2.30. The molecule has 0 aliphatic carbocycles. The fourth-order valence-electron chi connectivity index (χ4n) is 0.995. The van der Waals surface area contributed by atoms with Crippen molar-refractivity contribution in [2.45, 2.75) is 11.8 Å². The minimum atomic E-state index is 0.667. The van der Waals surface area contributed by atoms with Crippen LogP contribution in [0, 0.1) is 6.92 Å². The number of hydrogen-bond acceptors (Lipinski definition) is 3. The summed E-state index contributed by atoms with van der Waals surface area (Å²) in [7, 11) is 0. The molecule has 0 spiro atoms. The summed E-state index contributed by atoms with van der Waals surface area (Å²) in [6.45, 7) is 2.03. The second kappa shape index (κ2) is 3.05. The SMILES string of the molecule is CSc1c(C)ccc(N)c1N. The molecule has 1 rings (SSSR count). The number of rotatable bonds is 1. The number of hydrogen-bond donors (Lipinski definition) is 2. The fraction of sp³-hybridized carbons (Fsp3) is 0.250. The van der Waals surface area contributed by atoms with Crippen molar-refractivity contribution in [1.29, 1.82) is 0 Å². The molecule has 0 fully saturated rings. The summed E-state index contributed by atoms with van der Waals surface area (Å²) in [5, 5.41) is 0. The average Bonchev–Trinajstić information content (AvgIpc) is 1.99. The van der Waals surface area contributed by atoms with E-state index in [0.29, 0.717) is 11.4 Å². The predicted molar refractivity (Wildman–Crippen MR) is 51.8 cm³/mol. The molecular weight excluding hydrogens is 156 g/mol. The van der Waals surface area contributed by atoms with Gasteiger partial charge in [0.1, 0.15) is 0 Å². The van der Waals surface area contributed by atoms with E-state index in [4.69, 9.17) is 11.5 Å². The van der Waals surface area contributed by atoms with Crippen LogP contribution < -0.4 is 11.5 Å². The first-order valence-electron chi connectivity index (χ1n) is 3.35. The lowest BCUT2D eigenvalue weighted by Gasteiger charge is -2.07. The highest BCUT2D eigenvalue weighted by Gasteiger charge is 2.03. The second-order valence-corrected chi connectivity index (χ2v) is 3.24. The van der Waals surface area contributed by atoms with Crippen LogP contribution in [0.25, 0.3) is 0 Å². The van der Waals surface area contributed by atoms with E-state index < -0.39 is 0 Å². The first-order chi connectivity index (χ1) is 5.16. The van der Waals surface area contributed by atoms with Crippen molar-refractivity contribution < 1.29 is 0 Å². The normalized spacial score (nSPS) is 10.0. The van der Waals surface area contributed by atoms with Crippen LogP contribution in [0.1, 0.15) is 5.56 Å². The molecule has 0 saturated carbocycles. The first-order valence-corrected chi connectivity index (χ1v) is 4.58. The minimum Gasteiger partial charge on any atom is -0.397 e. The molecule has 2 nitrogen and oxygen atoms in total. The van der Waals surface area contributed by atoms with Gasteiger partial charge in [-0.2, -0.15) is 0 Å². The minimum absolute atomic E-state index is 0.667. The zero-order chi connectivity index (χ0) is 8.43. The highest BCUT2D eigenvalue weighted by molar-refractivity contribution is 7.98. The van der Waals surface area contributed by atoms with Crippen LogP contribution in [0.4, 0.5) is 11.4 Å². The lowest BCUT2D eigenvalue weighted by molar-refractivity contribution is 1.31. The van der Waals surface area contributed by atoms with E-state index in [1.807, 2.05) is 25.3 Å². The molecule has 0 aliphatic rings. The van der Waals surface area contributed by atoms with Gasteiger partial charge in [0, 0.05) is 4.90 Å². The molecule has 1 aromatic rings. The number of nitrogens with two attached hydrogens (primary N) is 2. The van der Waals surface area contributed by atoms with Crippen molar-refractivity contribution in [2.75, 3.05) is 17.7 Å². The summed E-state index contributed by atoms with van der Waals surface area (Å²) in [4.78, 5) is 1.09. The van der Waals surface area contributed by atoms with Gasteiger partial charge in [0.2, 0.25) is 0 Å². The van der Waals surface area contributed by atoms with Crippen LogP contribution in [0.5, 0.6) is 0 Å². The van der Waals surface area contributed by atoms with E-state index in [1.54, 1.807) is 11.8 Å². The molecule has 3 heteroatoms. The molecule has 0 saturated heterocycles. The molecule has 1 aromatic carbocycles. The molecule has 4 N–H and O–H groups in total. The fourth-order valence-corrected chi connectivity index (χ4v) is 1.72. The smallest absolute Gasteiger partial charge is 0.0688 e. The number of benzene rings is 1. The van der Waals surface area contributed by atoms with Crippen LogP contribution in [0.2, 0.25) is 0 Å². The summed E-state index contributed by atoms with van der Waals surface area (Å²) >= 11 is 1.63. The molecule has 0 aromatic heterocycles. The van der Waals surface area contributed by atoms with Gasteiger partial charge in [-0.3, -0.25) is 0 Å². The van der Waals surface area contributed by atoms with E-state index in [9.17, 15) is 0 Å². The number of thioether (sulfide) groups is 1. The van der Waals surface area contributed by atoms with Crippen molar-refractivity contribution in [3.05, 3.63) is 17.7 Å². The Bertz CT molecular complexity index is 271. The van der Waals surface area contributed by atoms with Crippen LogP contribution in [-0.4, -0.2) is 6.26 Å². The van der Waals surface area contributed by atoms with Crippen LogP contribution >= 0.6 is 11.8 Å². The molecule has 0 atom stereocenters. The molecule has 0 unspecified atom stereocenters. The lowest BCUT2D eigenvalue weighted by Crippen LogP contribution is -1.97. The summed E-state index contributed by atoms with van der Waals surface area (Å²) < 4.78 is 0. The Morgan fingerprint density at radius 3 is 2.36 bits per heavy atom. The molecule has 0 heterocycles. The quantitative estimate of drug-likeness (QED) is 0.497. The maximum Gasteiger partial charge on any atom is 0.0688 e. The van der Waals surface area contributed by atoms with Gasteiger partial charge in [0.15, 0.2) is 0 Å². The molecule has 0 aliphatic heterocycles. The number of nitrogen functional groups attached to an aromatic ring is 2. The van der Waals surface area contributed by atoms with Crippen molar-refractivity contribution in [1.82, 2.24) is 0 Å². The van der Waals surface area contributed by atoms with E-state index in [-0.39, 0.29) is 0 Å². The Morgan fingerprint density at radius 1 is 1.27 bits per heavy atom. The Morgan fingerprint density at radius 2 is 1.91 bits per heavy atom. The van der Waals surface area contributed by atoms with Crippen LogP contribution in [0.15, 0.2) is 17.0 Å². The van der Waals surface area contributed by atoms with Gasteiger partial charge in [-0.15, -0.1) is 11.8 Å². The van der Waals surface area contributed by atoms with E-state index in [1.165, 1.54) is 5.56 Å². The summed E-state index contributed by atoms with van der Waals surface area (Å²) in [5.41, 5.74) is 13.9. The summed E-state index contributed by atoms with van der Waals surface area (Å²) in [5.74, 6) is 0. The maximum absolute atomic E-state index is 5.75. The van der Waals surface area contributed by atoms with Gasteiger partial charge in [-0.25, -0.2) is 0 Å². The Balaban J connectivity index is 3.29. The van der Waals surface area contributed by atoms with Gasteiger partial charge in [-0.05, 0) is 24.8 Å². The standard InChI is InChI=1S/C8H12N2S/c1-5-3-4-6(9)7(10)8(5)11-2/h3-4H,9-10H2,1-2H3. The van der Waals surface area contributed by atoms with Gasteiger partial charge in [0.05, 0.1) is 11.4 Å². The highest BCUT2D eigenvalue weighted by atomic mass is 32.2. The number of anilines is 2. The van der Waals surface area contributed by atoms with Gasteiger partial charge in [-0.1, -0.05) is 6.07 Å². The van der Waals surface area contributed by atoms with E-state index >= 15 is 0 Å². The van der Waals surface area contributed by atoms with Crippen LogP contribution in [0.3, 0.4) is 0 Å². The Hall–Kier alpha value is -0.830. The summed E-state index contributed by atoms with van der Waals surface area (Å²) in [6.07, 6.45) is 2.00. The largest absolute Gasteiger partial charge is 0.397 e. The first kappa shape index (κ1) is 8.27. The second-order valence-electron chi connectivity index (χ2n) is 2.42.